The fraction of sp³-hybridized carbons (Fsp3) is 0. The molecule has 1 aliphatic rings. The molecule has 0 aliphatic carbocycles. The van der Waals surface area contributed by atoms with E-state index in [1.54, 1.807) is 36.4 Å². The molecular weight excluding hydrogens is 352 g/mol. The molecule has 0 aromatic heterocycles. The number of cyclic esters (lactones) is 1. The summed E-state index contributed by atoms with van der Waals surface area (Å²) in [6.45, 7) is 0. The molecular formula is C18H10Cl2FNO2. The monoisotopic (exact) mass is 361 g/mol. The number of ether oxygens (including phenoxy) is 1. The number of nitrogens with zero attached hydrogens (tertiary/aromatic N) is 1. The van der Waals surface area contributed by atoms with E-state index in [0.717, 1.165) is 0 Å². The van der Waals surface area contributed by atoms with Gasteiger partial charge in [-0.15, -0.1) is 0 Å². The van der Waals surface area contributed by atoms with Crippen molar-refractivity contribution in [3.8, 4) is 0 Å². The highest BCUT2D eigenvalue weighted by Gasteiger charge is 2.21. The van der Waals surface area contributed by atoms with Crippen LogP contribution < -0.4 is 0 Å². The Balaban J connectivity index is 1.82. The molecule has 1 heterocycles. The molecule has 2 aromatic rings. The summed E-state index contributed by atoms with van der Waals surface area (Å²) in [6.07, 6.45) is 4.65. The van der Waals surface area contributed by atoms with Crippen LogP contribution in [0.3, 0.4) is 0 Å². The first-order chi connectivity index (χ1) is 11.5. The molecule has 3 rings (SSSR count). The summed E-state index contributed by atoms with van der Waals surface area (Å²) in [6, 6.07) is 10.9. The highest BCUT2D eigenvalue weighted by molar-refractivity contribution is 6.35. The highest BCUT2D eigenvalue weighted by Crippen LogP contribution is 2.23. The van der Waals surface area contributed by atoms with E-state index in [1.165, 1.54) is 24.3 Å². The molecule has 0 unspecified atom stereocenters. The summed E-state index contributed by atoms with van der Waals surface area (Å²) >= 11 is 11.9. The fourth-order valence-corrected chi connectivity index (χ4v) is 2.52. The van der Waals surface area contributed by atoms with Crippen molar-refractivity contribution in [2.45, 2.75) is 0 Å². The van der Waals surface area contributed by atoms with Crippen molar-refractivity contribution in [2.75, 3.05) is 0 Å². The van der Waals surface area contributed by atoms with E-state index < -0.39 is 11.8 Å². The van der Waals surface area contributed by atoms with Gasteiger partial charge < -0.3 is 4.74 Å². The number of hydrogen-bond acceptors (Lipinski definition) is 3. The fourth-order valence-electron chi connectivity index (χ4n) is 2.05. The summed E-state index contributed by atoms with van der Waals surface area (Å²) in [5, 5.41) is 1.00. The van der Waals surface area contributed by atoms with Crippen molar-refractivity contribution >= 4 is 47.2 Å². The molecule has 3 nitrogen and oxygen atoms in total. The smallest absolute Gasteiger partial charge is 0.363 e. The van der Waals surface area contributed by atoms with E-state index in [0.29, 0.717) is 21.2 Å². The number of halogens is 3. The van der Waals surface area contributed by atoms with E-state index in [9.17, 15) is 9.18 Å². The third-order valence-corrected chi connectivity index (χ3v) is 3.72. The zero-order chi connectivity index (χ0) is 17.1. The average molecular weight is 362 g/mol. The standard InChI is InChI=1S/C18H10Cl2FNO2/c19-13-6-4-12(15(20)10-13)5-7-17-22-16(18(23)24-17)9-11-2-1-3-14(21)8-11/h1-10H. The van der Waals surface area contributed by atoms with Gasteiger partial charge in [-0.1, -0.05) is 41.4 Å². The van der Waals surface area contributed by atoms with Gasteiger partial charge in [0.05, 0.1) is 0 Å². The van der Waals surface area contributed by atoms with Crippen LogP contribution in [0.4, 0.5) is 4.39 Å². The predicted octanol–water partition coefficient (Wildman–Crippen LogP) is 5.14. The van der Waals surface area contributed by atoms with Crippen molar-refractivity contribution in [1.82, 2.24) is 0 Å². The van der Waals surface area contributed by atoms with Gasteiger partial charge in [0.25, 0.3) is 0 Å². The van der Waals surface area contributed by atoms with Gasteiger partial charge in [0.1, 0.15) is 5.82 Å². The number of hydrogen-bond donors (Lipinski definition) is 0. The lowest BCUT2D eigenvalue weighted by Gasteiger charge is -1.98. The first-order valence-corrected chi connectivity index (χ1v) is 7.68. The zero-order valence-electron chi connectivity index (χ0n) is 12.2. The Bertz CT molecular complexity index is 904. The van der Waals surface area contributed by atoms with Crippen molar-refractivity contribution in [2.24, 2.45) is 4.99 Å². The lowest BCUT2D eigenvalue weighted by Crippen LogP contribution is -2.01. The lowest BCUT2D eigenvalue weighted by atomic mass is 10.2. The van der Waals surface area contributed by atoms with E-state index in [1.807, 2.05) is 0 Å². The van der Waals surface area contributed by atoms with Gasteiger partial charge in [0, 0.05) is 16.1 Å². The number of carbonyl (C=O) groups is 1. The second kappa shape index (κ2) is 6.99. The van der Waals surface area contributed by atoms with E-state index in [2.05, 4.69) is 4.99 Å². The molecule has 0 atom stereocenters. The quantitative estimate of drug-likeness (QED) is 0.560. The predicted molar refractivity (Wildman–Crippen MR) is 93.4 cm³/mol. The molecule has 0 amide bonds. The number of rotatable bonds is 3. The molecule has 0 saturated carbocycles. The highest BCUT2D eigenvalue weighted by atomic mass is 35.5. The van der Waals surface area contributed by atoms with Gasteiger partial charge in [-0.3, -0.25) is 0 Å². The second-order valence-corrected chi connectivity index (χ2v) is 5.77. The average Bonchev–Trinajstić information content (AvgIpc) is 2.86. The third kappa shape index (κ3) is 3.91. The van der Waals surface area contributed by atoms with Crippen LogP contribution in [-0.4, -0.2) is 11.9 Å². The number of aliphatic imine (C=N–C) groups is 1. The third-order valence-electron chi connectivity index (χ3n) is 3.16. The van der Waals surface area contributed by atoms with Crippen LogP contribution in [0.5, 0.6) is 0 Å². The lowest BCUT2D eigenvalue weighted by molar-refractivity contribution is -0.129. The van der Waals surface area contributed by atoms with Crippen LogP contribution in [0.15, 0.2) is 59.2 Å². The van der Waals surface area contributed by atoms with Gasteiger partial charge in [0.2, 0.25) is 5.90 Å². The second-order valence-electron chi connectivity index (χ2n) is 4.92. The molecule has 0 bridgehead atoms. The van der Waals surface area contributed by atoms with Crippen LogP contribution in [0.2, 0.25) is 10.0 Å². The Morgan fingerprint density at radius 3 is 2.67 bits per heavy atom. The Kier molecular flexibility index (Phi) is 4.79. The van der Waals surface area contributed by atoms with Crippen LogP contribution in [0.25, 0.3) is 12.2 Å². The summed E-state index contributed by atoms with van der Waals surface area (Å²) in [4.78, 5) is 15.9. The largest absolute Gasteiger partial charge is 0.403 e. The van der Waals surface area contributed by atoms with Gasteiger partial charge in [-0.2, -0.15) is 0 Å². The molecule has 24 heavy (non-hydrogen) atoms. The summed E-state index contributed by atoms with van der Waals surface area (Å²) in [7, 11) is 0. The molecule has 0 saturated heterocycles. The molecule has 6 heteroatoms. The Hall–Kier alpha value is -2.43. The maximum absolute atomic E-state index is 13.2. The van der Waals surface area contributed by atoms with Crippen LogP contribution in [0.1, 0.15) is 11.1 Å². The SMILES string of the molecule is O=C1OC(C=Cc2ccc(Cl)cc2Cl)=NC1=Cc1cccc(F)c1. The maximum atomic E-state index is 13.2. The topological polar surface area (TPSA) is 38.7 Å². The van der Waals surface area contributed by atoms with Gasteiger partial charge in [-0.05, 0) is 47.5 Å². The van der Waals surface area contributed by atoms with Gasteiger partial charge in [0.15, 0.2) is 5.70 Å². The molecule has 0 radical (unpaired) electrons. The van der Waals surface area contributed by atoms with Crippen molar-refractivity contribution < 1.29 is 13.9 Å². The number of esters is 1. The number of carbonyl (C=O) groups excluding carboxylic acids is 1. The Labute approximate surface area is 147 Å². The van der Waals surface area contributed by atoms with Crippen molar-refractivity contribution in [3.05, 3.63) is 81.2 Å². The Morgan fingerprint density at radius 1 is 1.08 bits per heavy atom. The van der Waals surface area contributed by atoms with E-state index >= 15 is 0 Å². The summed E-state index contributed by atoms with van der Waals surface area (Å²) < 4.78 is 18.2. The molecule has 1 aliphatic heterocycles. The molecule has 120 valence electrons. The Morgan fingerprint density at radius 2 is 1.92 bits per heavy atom. The van der Waals surface area contributed by atoms with Crippen molar-refractivity contribution in [1.29, 1.82) is 0 Å². The maximum Gasteiger partial charge on any atom is 0.363 e. The minimum Gasteiger partial charge on any atom is -0.403 e. The molecule has 2 aromatic carbocycles. The minimum absolute atomic E-state index is 0.0995. The molecule has 0 fully saturated rings. The van der Waals surface area contributed by atoms with E-state index in [4.69, 9.17) is 27.9 Å². The van der Waals surface area contributed by atoms with Crippen LogP contribution in [0, 0.1) is 5.82 Å². The van der Waals surface area contributed by atoms with Gasteiger partial charge in [-0.25, -0.2) is 14.2 Å². The molecule has 0 N–H and O–H groups in total. The number of benzene rings is 2. The minimum atomic E-state index is -0.596. The molecule has 0 spiro atoms. The normalized spacial score (nSPS) is 15.9. The van der Waals surface area contributed by atoms with Gasteiger partial charge >= 0.3 is 5.97 Å². The van der Waals surface area contributed by atoms with E-state index in [-0.39, 0.29) is 11.6 Å². The first-order valence-electron chi connectivity index (χ1n) is 6.92. The zero-order valence-corrected chi connectivity index (χ0v) is 13.7. The van der Waals surface area contributed by atoms with Crippen molar-refractivity contribution in [3.63, 3.8) is 0 Å². The van der Waals surface area contributed by atoms with Crippen LogP contribution >= 0.6 is 23.2 Å². The summed E-state index contributed by atoms with van der Waals surface area (Å²) in [5.74, 6) is -0.855. The summed E-state index contributed by atoms with van der Waals surface area (Å²) in [5.41, 5.74) is 1.33. The first kappa shape index (κ1) is 16.4. The van der Waals surface area contributed by atoms with Crippen LogP contribution in [-0.2, 0) is 9.53 Å².